The Balaban J connectivity index is 4.14. The van der Waals surface area contributed by atoms with Gasteiger partial charge >= 0.3 is 0 Å². The standard InChI is InChI=1S/C11H24O/c1-6-7-9(2)10(8-12)11(3,4)5/h9-10,12H,6-8H2,1-5H3. The zero-order chi connectivity index (χ0) is 9.78. The fourth-order valence-corrected chi connectivity index (χ4v) is 1.96. The molecule has 0 saturated heterocycles. The first kappa shape index (κ1) is 12.0. The highest BCUT2D eigenvalue weighted by atomic mass is 16.3. The third-order valence-corrected chi connectivity index (χ3v) is 2.74. The highest BCUT2D eigenvalue weighted by Gasteiger charge is 2.28. The Labute approximate surface area is 77.2 Å². The highest BCUT2D eigenvalue weighted by Crippen LogP contribution is 2.33. The largest absolute Gasteiger partial charge is 0.396 e. The maximum atomic E-state index is 9.26. The van der Waals surface area contributed by atoms with Gasteiger partial charge in [-0.05, 0) is 17.3 Å². The van der Waals surface area contributed by atoms with Crippen LogP contribution in [0.2, 0.25) is 0 Å². The summed E-state index contributed by atoms with van der Waals surface area (Å²) in [7, 11) is 0. The van der Waals surface area contributed by atoms with Gasteiger partial charge in [0.05, 0.1) is 0 Å². The summed E-state index contributed by atoms with van der Waals surface area (Å²) >= 11 is 0. The first-order valence-corrected chi connectivity index (χ1v) is 5.04. The van der Waals surface area contributed by atoms with Crippen molar-refractivity contribution in [1.82, 2.24) is 0 Å². The molecule has 12 heavy (non-hydrogen) atoms. The highest BCUT2D eigenvalue weighted by molar-refractivity contribution is 4.77. The Kier molecular flexibility index (Phi) is 4.84. The van der Waals surface area contributed by atoms with Crippen molar-refractivity contribution in [3.8, 4) is 0 Å². The SMILES string of the molecule is CCCC(C)C(CO)C(C)(C)C. The maximum Gasteiger partial charge on any atom is 0.0466 e. The fraction of sp³-hybridized carbons (Fsp3) is 1.00. The van der Waals surface area contributed by atoms with E-state index in [0.717, 1.165) is 0 Å². The minimum Gasteiger partial charge on any atom is -0.396 e. The molecule has 1 nitrogen and oxygen atoms in total. The number of aliphatic hydroxyl groups is 1. The van der Waals surface area contributed by atoms with Crippen molar-refractivity contribution in [1.29, 1.82) is 0 Å². The molecule has 74 valence electrons. The summed E-state index contributed by atoms with van der Waals surface area (Å²) in [6, 6.07) is 0. The summed E-state index contributed by atoms with van der Waals surface area (Å²) in [5, 5.41) is 9.26. The summed E-state index contributed by atoms with van der Waals surface area (Å²) in [6.45, 7) is 11.4. The van der Waals surface area contributed by atoms with Gasteiger partial charge in [-0.3, -0.25) is 0 Å². The van der Waals surface area contributed by atoms with Gasteiger partial charge in [0.25, 0.3) is 0 Å². The van der Waals surface area contributed by atoms with Gasteiger partial charge in [-0.15, -0.1) is 0 Å². The topological polar surface area (TPSA) is 20.2 Å². The molecule has 0 aliphatic heterocycles. The van der Waals surface area contributed by atoms with Gasteiger partial charge in [0.2, 0.25) is 0 Å². The van der Waals surface area contributed by atoms with Crippen molar-refractivity contribution in [2.75, 3.05) is 6.61 Å². The van der Waals surface area contributed by atoms with E-state index in [0.29, 0.717) is 18.4 Å². The minimum absolute atomic E-state index is 0.239. The second kappa shape index (κ2) is 4.86. The van der Waals surface area contributed by atoms with Gasteiger partial charge in [0, 0.05) is 6.61 Å². The lowest BCUT2D eigenvalue weighted by Gasteiger charge is -2.34. The molecular weight excluding hydrogens is 148 g/mol. The van der Waals surface area contributed by atoms with Crippen LogP contribution in [0.4, 0.5) is 0 Å². The molecule has 0 aliphatic rings. The van der Waals surface area contributed by atoms with E-state index in [1.54, 1.807) is 0 Å². The zero-order valence-electron chi connectivity index (χ0n) is 9.22. The van der Waals surface area contributed by atoms with Crippen molar-refractivity contribution >= 4 is 0 Å². The summed E-state index contributed by atoms with van der Waals surface area (Å²) in [4.78, 5) is 0. The number of hydrogen-bond acceptors (Lipinski definition) is 1. The first-order chi connectivity index (χ1) is 5.43. The van der Waals surface area contributed by atoms with Gasteiger partial charge in [-0.2, -0.15) is 0 Å². The molecule has 2 atom stereocenters. The zero-order valence-corrected chi connectivity index (χ0v) is 9.22. The molecule has 0 fully saturated rings. The molecule has 2 unspecified atom stereocenters. The van der Waals surface area contributed by atoms with Gasteiger partial charge in [-0.1, -0.05) is 47.5 Å². The molecule has 0 rings (SSSR count). The Morgan fingerprint density at radius 3 is 2.00 bits per heavy atom. The van der Waals surface area contributed by atoms with E-state index in [1.807, 2.05) is 0 Å². The van der Waals surface area contributed by atoms with Crippen LogP contribution in [0.25, 0.3) is 0 Å². The lowest BCUT2D eigenvalue weighted by molar-refractivity contribution is 0.0813. The van der Waals surface area contributed by atoms with E-state index < -0.39 is 0 Å². The third kappa shape index (κ3) is 3.57. The van der Waals surface area contributed by atoms with E-state index in [4.69, 9.17) is 0 Å². The van der Waals surface area contributed by atoms with E-state index in [9.17, 15) is 5.11 Å². The molecule has 1 N–H and O–H groups in total. The monoisotopic (exact) mass is 172 g/mol. The quantitative estimate of drug-likeness (QED) is 0.691. The normalized spacial score (nSPS) is 17.5. The van der Waals surface area contributed by atoms with Crippen molar-refractivity contribution in [2.24, 2.45) is 17.3 Å². The second-order valence-corrected chi connectivity index (χ2v) is 4.92. The van der Waals surface area contributed by atoms with Crippen LogP contribution in [0.1, 0.15) is 47.5 Å². The Morgan fingerprint density at radius 1 is 1.25 bits per heavy atom. The smallest absolute Gasteiger partial charge is 0.0466 e. The lowest BCUT2D eigenvalue weighted by Crippen LogP contribution is -2.29. The molecule has 0 aromatic heterocycles. The maximum absolute atomic E-state index is 9.26. The molecule has 0 amide bonds. The van der Waals surface area contributed by atoms with E-state index in [-0.39, 0.29) is 5.41 Å². The lowest BCUT2D eigenvalue weighted by atomic mass is 9.73. The molecule has 0 aromatic carbocycles. The van der Waals surface area contributed by atoms with Crippen LogP contribution in [0.5, 0.6) is 0 Å². The van der Waals surface area contributed by atoms with Crippen LogP contribution in [-0.4, -0.2) is 11.7 Å². The van der Waals surface area contributed by atoms with Gasteiger partial charge in [0.1, 0.15) is 0 Å². The summed E-state index contributed by atoms with van der Waals surface area (Å²) in [5.41, 5.74) is 0.239. The van der Waals surface area contributed by atoms with Crippen molar-refractivity contribution in [2.45, 2.75) is 47.5 Å². The number of aliphatic hydroxyl groups excluding tert-OH is 1. The molecule has 0 spiro atoms. The predicted molar refractivity (Wildman–Crippen MR) is 54.1 cm³/mol. The Bertz CT molecular complexity index is 113. The van der Waals surface area contributed by atoms with E-state index in [2.05, 4.69) is 34.6 Å². The van der Waals surface area contributed by atoms with Crippen molar-refractivity contribution in [3.05, 3.63) is 0 Å². The molecule has 0 radical (unpaired) electrons. The van der Waals surface area contributed by atoms with Crippen LogP contribution >= 0.6 is 0 Å². The molecule has 0 saturated carbocycles. The van der Waals surface area contributed by atoms with Crippen molar-refractivity contribution < 1.29 is 5.11 Å². The molecule has 1 heteroatoms. The number of hydrogen-bond donors (Lipinski definition) is 1. The van der Waals surface area contributed by atoms with Crippen LogP contribution in [-0.2, 0) is 0 Å². The average Bonchev–Trinajstić information content (AvgIpc) is 1.85. The molecule has 0 bridgehead atoms. The third-order valence-electron chi connectivity index (χ3n) is 2.74. The van der Waals surface area contributed by atoms with Crippen LogP contribution in [0.15, 0.2) is 0 Å². The van der Waals surface area contributed by atoms with Gasteiger partial charge in [0.15, 0.2) is 0 Å². The van der Waals surface area contributed by atoms with Gasteiger partial charge in [-0.25, -0.2) is 0 Å². The van der Waals surface area contributed by atoms with Crippen LogP contribution < -0.4 is 0 Å². The van der Waals surface area contributed by atoms with Crippen LogP contribution in [0.3, 0.4) is 0 Å². The number of rotatable bonds is 4. The van der Waals surface area contributed by atoms with E-state index in [1.165, 1.54) is 12.8 Å². The Morgan fingerprint density at radius 2 is 1.75 bits per heavy atom. The molecule has 0 aliphatic carbocycles. The average molecular weight is 172 g/mol. The summed E-state index contributed by atoms with van der Waals surface area (Å²) in [5.74, 6) is 1.08. The summed E-state index contributed by atoms with van der Waals surface area (Å²) < 4.78 is 0. The fourth-order valence-electron chi connectivity index (χ4n) is 1.96. The minimum atomic E-state index is 0.239. The molecular formula is C11H24O. The van der Waals surface area contributed by atoms with Crippen molar-refractivity contribution in [3.63, 3.8) is 0 Å². The first-order valence-electron chi connectivity index (χ1n) is 5.04. The van der Waals surface area contributed by atoms with E-state index >= 15 is 0 Å². The molecule has 0 heterocycles. The predicted octanol–water partition coefficient (Wildman–Crippen LogP) is 3.08. The van der Waals surface area contributed by atoms with Gasteiger partial charge < -0.3 is 5.11 Å². The second-order valence-electron chi connectivity index (χ2n) is 4.92. The van der Waals surface area contributed by atoms with Crippen LogP contribution in [0, 0.1) is 17.3 Å². The summed E-state index contributed by atoms with van der Waals surface area (Å²) in [6.07, 6.45) is 2.44. The Hall–Kier alpha value is -0.0400. The molecule has 0 aromatic rings.